The Bertz CT molecular complexity index is 328. The zero-order chi connectivity index (χ0) is 10.7. The van der Waals surface area contributed by atoms with Crippen molar-refractivity contribution in [1.82, 2.24) is 4.98 Å². The molecule has 14 heavy (non-hydrogen) atoms. The zero-order valence-electron chi connectivity index (χ0n) is 7.94. The zero-order valence-corrected chi connectivity index (χ0v) is 7.94. The van der Waals surface area contributed by atoms with Crippen molar-refractivity contribution in [2.75, 3.05) is 6.61 Å². The minimum Gasteiger partial charge on any atom is -0.506 e. The first-order chi connectivity index (χ1) is 6.61. The summed E-state index contributed by atoms with van der Waals surface area (Å²) >= 11 is 0. The average Bonchev–Trinajstić information content (AvgIpc) is 2.20. The molecule has 0 fully saturated rings. The van der Waals surface area contributed by atoms with Gasteiger partial charge in [0.1, 0.15) is 5.75 Å². The molecule has 1 aromatic rings. The predicted octanol–water partition coefficient (Wildman–Crippen LogP) is -0.420. The van der Waals surface area contributed by atoms with Crippen molar-refractivity contribution in [2.24, 2.45) is 5.73 Å². The average molecular weight is 198 g/mol. The molecule has 0 unspecified atom stereocenters. The summed E-state index contributed by atoms with van der Waals surface area (Å²) in [6.07, 6.45) is 1.44. The summed E-state index contributed by atoms with van der Waals surface area (Å²) in [5, 5.41) is 27.5. The molecule has 0 saturated heterocycles. The fraction of sp³-hybridized carbons (Fsp3) is 0.444. The molecule has 0 saturated carbocycles. The highest BCUT2D eigenvalue weighted by Gasteiger charge is 2.16. The van der Waals surface area contributed by atoms with Crippen LogP contribution in [0.5, 0.6) is 5.75 Å². The highest BCUT2D eigenvalue weighted by molar-refractivity contribution is 5.42. The number of aliphatic hydroxyl groups is 2. The Hall–Kier alpha value is -1.17. The molecule has 5 N–H and O–H groups in total. The second-order valence-corrected chi connectivity index (χ2v) is 3.08. The van der Waals surface area contributed by atoms with E-state index in [1.54, 1.807) is 6.92 Å². The standard InChI is InChI=1S/C9H14N2O3/c1-5-9(14)8(7(10)4-13)6(3-12)2-11-5/h2,7,12-14H,3-4,10H2,1H3/t7-/m0/s1. The Morgan fingerprint density at radius 2 is 2.14 bits per heavy atom. The van der Waals surface area contributed by atoms with Gasteiger partial charge in [-0.25, -0.2) is 0 Å². The number of aromatic hydroxyl groups is 1. The van der Waals surface area contributed by atoms with Crippen molar-refractivity contribution in [3.8, 4) is 5.75 Å². The van der Waals surface area contributed by atoms with Crippen LogP contribution in [0.1, 0.15) is 22.9 Å². The highest BCUT2D eigenvalue weighted by atomic mass is 16.3. The summed E-state index contributed by atoms with van der Waals surface area (Å²) in [4.78, 5) is 3.88. The first-order valence-electron chi connectivity index (χ1n) is 4.26. The molecular formula is C9H14N2O3. The lowest BCUT2D eigenvalue weighted by atomic mass is 10.0. The third-order valence-electron chi connectivity index (χ3n) is 2.10. The Labute approximate surface area is 81.8 Å². The van der Waals surface area contributed by atoms with E-state index in [0.717, 1.165) is 0 Å². The van der Waals surface area contributed by atoms with Gasteiger partial charge in [0.15, 0.2) is 0 Å². The first kappa shape index (κ1) is 10.9. The molecule has 0 aliphatic heterocycles. The van der Waals surface area contributed by atoms with E-state index in [2.05, 4.69) is 4.98 Å². The van der Waals surface area contributed by atoms with Crippen LogP contribution in [-0.2, 0) is 6.61 Å². The highest BCUT2D eigenvalue weighted by Crippen LogP contribution is 2.28. The van der Waals surface area contributed by atoms with E-state index in [-0.39, 0.29) is 19.0 Å². The van der Waals surface area contributed by atoms with Crippen LogP contribution in [0, 0.1) is 6.92 Å². The summed E-state index contributed by atoms with van der Waals surface area (Å²) in [5.41, 5.74) is 6.83. The third kappa shape index (κ3) is 1.84. The number of pyridine rings is 1. The van der Waals surface area contributed by atoms with Gasteiger partial charge in [-0.15, -0.1) is 0 Å². The van der Waals surface area contributed by atoms with E-state index in [0.29, 0.717) is 16.8 Å². The van der Waals surface area contributed by atoms with Crippen LogP contribution in [0.2, 0.25) is 0 Å². The minimum atomic E-state index is -0.696. The van der Waals surface area contributed by atoms with E-state index in [1.165, 1.54) is 6.20 Å². The van der Waals surface area contributed by atoms with Crippen LogP contribution in [0.4, 0.5) is 0 Å². The predicted molar refractivity (Wildman–Crippen MR) is 50.6 cm³/mol. The monoisotopic (exact) mass is 198 g/mol. The van der Waals surface area contributed by atoms with Crippen molar-refractivity contribution in [3.63, 3.8) is 0 Å². The second-order valence-electron chi connectivity index (χ2n) is 3.08. The lowest BCUT2D eigenvalue weighted by Gasteiger charge is -2.15. The number of rotatable bonds is 3. The number of hydrogen-bond acceptors (Lipinski definition) is 5. The van der Waals surface area contributed by atoms with Gasteiger partial charge in [-0.3, -0.25) is 4.98 Å². The van der Waals surface area contributed by atoms with Gasteiger partial charge in [0.2, 0.25) is 0 Å². The van der Waals surface area contributed by atoms with Crippen LogP contribution in [0.15, 0.2) is 6.20 Å². The van der Waals surface area contributed by atoms with Crippen LogP contribution in [-0.4, -0.2) is 26.9 Å². The quantitative estimate of drug-likeness (QED) is 0.528. The van der Waals surface area contributed by atoms with Crippen molar-refractivity contribution in [3.05, 3.63) is 23.0 Å². The van der Waals surface area contributed by atoms with E-state index in [4.69, 9.17) is 15.9 Å². The third-order valence-corrected chi connectivity index (χ3v) is 2.10. The van der Waals surface area contributed by atoms with Crippen LogP contribution in [0.25, 0.3) is 0 Å². The molecule has 0 aromatic carbocycles. The Morgan fingerprint density at radius 3 is 2.64 bits per heavy atom. The van der Waals surface area contributed by atoms with Crippen molar-refractivity contribution in [2.45, 2.75) is 19.6 Å². The molecule has 1 atom stereocenters. The van der Waals surface area contributed by atoms with E-state index >= 15 is 0 Å². The number of hydrogen-bond donors (Lipinski definition) is 4. The molecule has 0 aliphatic carbocycles. The van der Waals surface area contributed by atoms with E-state index < -0.39 is 6.04 Å². The second kappa shape index (κ2) is 4.36. The summed E-state index contributed by atoms with van der Waals surface area (Å²) in [7, 11) is 0. The molecule has 0 bridgehead atoms. The molecule has 5 nitrogen and oxygen atoms in total. The van der Waals surface area contributed by atoms with Gasteiger partial charge in [-0.2, -0.15) is 0 Å². The first-order valence-corrected chi connectivity index (χ1v) is 4.26. The van der Waals surface area contributed by atoms with Gasteiger partial charge in [-0.1, -0.05) is 0 Å². The molecule has 1 aromatic heterocycles. The molecule has 0 spiro atoms. The SMILES string of the molecule is Cc1ncc(CO)c([C@@H](N)CO)c1O. The van der Waals surface area contributed by atoms with E-state index in [1.807, 2.05) is 0 Å². The number of aryl methyl sites for hydroxylation is 1. The van der Waals surface area contributed by atoms with Crippen LogP contribution in [0.3, 0.4) is 0 Å². The van der Waals surface area contributed by atoms with Gasteiger partial charge in [-0.05, 0) is 6.92 Å². The summed E-state index contributed by atoms with van der Waals surface area (Å²) in [6.45, 7) is 1.08. The van der Waals surface area contributed by atoms with Gasteiger partial charge < -0.3 is 21.1 Å². The number of nitrogens with zero attached hydrogens (tertiary/aromatic N) is 1. The molecule has 0 amide bonds. The Kier molecular flexibility index (Phi) is 3.40. The van der Waals surface area contributed by atoms with Gasteiger partial charge in [0, 0.05) is 17.3 Å². The molecule has 1 rings (SSSR count). The molecule has 1 heterocycles. The molecule has 0 radical (unpaired) electrons. The number of aliphatic hydroxyl groups excluding tert-OH is 2. The lowest BCUT2D eigenvalue weighted by Crippen LogP contribution is -2.17. The van der Waals surface area contributed by atoms with E-state index in [9.17, 15) is 5.11 Å². The molecule has 5 heteroatoms. The maximum atomic E-state index is 9.65. The Morgan fingerprint density at radius 1 is 1.50 bits per heavy atom. The summed E-state index contributed by atoms with van der Waals surface area (Å²) < 4.78 is 0. The normalized spacial score (nSPS) is 12.9. The number of nitrogens with two attached hydrogens (primary N) is 1. The van der Waals surface area contributed by atoms with Gasteiger partial charge >= 0.3 is 0 Å². The molecule has 0 aliphatic rings. The maximum Gasteiger partial charge on any atom is 0.141 e. The van der Waals surface area contributed by atoms with Crippen LogP contribution >= 0.6 is 0 Å². The molecule has 78 valence electrons. The maximum absolute atomic E-state index is 9.65. The fourth-order valence-corrected chi connectivity index (χ4v) is 1.28. The summed E-state index contributed by atoms with van der Waals surface area (Å²) in [5.74, 6) is -0.0573. The molecular weight excluding hydrogens is 184 g/mol. The number of aromatic nitrogens is 1. The van der Waals surface area contributed by atoms with Gasteiger partial charge in [0.05, 0.1) is 24.9 Å². The van der Waals surface area contributed by atoms with Crippen molar-refractivity contribution in [1.29, 1.82) is 0 Å². The van der Waals surface area contributed by atoms with Crippen molar-refractivity contribution >= 4 is 0 Å². The van der Waals surface area contributed by atoms with Crippen LogP contribution < -0.4 is 5.73 Å². The van der Waals surface area contributed by atoms with Gasteiger partial charge in [0.25, 0.3) is 0 Å². The lowest BCUT2D eigenvalue weighted by molar-refractivity contribution is 0.255. The fourth-order valence-electron chi connectivity index (χ4n) is 1.28. The largest absolute Gasteiger partial charge is 0.506 e. The summed E-state index contributed by atoms with van der Waals surface area (Å²) in [6, 6.07) is -0.696. The van der Waals surface area contributed by atoms with Crippen molar-refractivity contribution < 1.29 is 15.3 Å². The smallest absolute Gasteiger partial charge is 0.141 e. The Balaban J connectivity index is 3.27. The topological polar surface area (TPSA) is 99.6 Å². The minimum absolute atomic E-state index is 0.0573.